The number of aliphatic carboxylic acids is 1. The molecule has 0 amide bonds. The van der Waals surface area contributed by atoms with Gasteiger partial charge in [0, 0.05) is 0 Å². The highest BCUT2D eigenvalue weighted by molar-refractivity contribution is 5.77. The summed E-state index contributed by atoms with van der Waals surface area (Å²) >= 11 is 0. The fourth-order valence-corrected chi connectivity index (χ4v) is 1.55. The topological polar surface area (TPSA) is 37.3 Å². The largest absolute Gasteiger partial charge is 0.481 e. The van der Waals surface area contributed by atoms with Crippen LogP contribution in [0.2, 0.25) is 0 Å². The summed E-state index contributed by atoms with van der Waals surface area (Å²) in [7, 11) is 0. The van der Waals surface area contributed by atoms with Crippen LogP contribution in [0.1, 0.15) is 32.6 Å². The third-order valence-corrected chi connectivity index (χ3v) is 2.49. The first-order valence-corrected chi connectivity index (χ1v) is 4.12. The predicted octanol–water partition coefficient (Wildman–Crippen LogP) is 2.21. The van der Waals surface area contributed by atoms with E-state index >= 15 is 0 Å². The fourth-order valence-electron chi connectivity index (χ4n) is 1.55. The van der Waals surface area contributed by atoms with Crippen LogP contribution in [-0.2, 0) is 4.79 Å². The number of carboxylic acids is 1. The Morgan fingerprint density at radius 1 is 1.73 bits per heavy atom. The minimum absolute atomic E-state index is 0.543. The molecular formula is C9H14O2. The van der Waals surface area contributed by atoms with Crippen LogP contribution in [0.15, 0.2) is 12.2 Å². The van der Waals surface area contributed by atoms with Crippen LogP contribution in [0.5, 0.6) is 0 Å². The first-order valence-electron chi connectivity index (χ1n) is 4.12. The van der Waals surface area contributed by atoms with Crippen LogP contribution in [0.3, 0.4) is 0 Å². The molecule has 0 radical (unpaired) electrons. The maximum atomic E-state index is 10.9. The third kappa shape index (κ3) is 1.44. The molecule has 0 aromatic carbocycles. The van der Waals surface area contributed by atoms with E-state index in [2.05, 4.69) is 0 Å². The highest BCUT2D eigenvalue weighted by atomic mass is 16.4. The number of hydrogen-bond acceptors (Lipinski definition) is 1. The molecule has 11 heavy (non-hydrogen) atoms. The Morgan fingerprint density at radius 3 is 2.73 bits per heavy atom. The quantitative estimate of drug-likeness (QED) is 0.619. The molecule has 0 aromatic rings. The zero-order valence-electron chi connectivity index (χ0n) is 6.84. The van der Waals surface area contributed by atoms with Crippen molar-refractivity contribution in [3.63, 3.8) is 0 Å². The summed E-state index contributed by atoms with van der Waals surface area (Å²) in [5.41, 5.74) is -0.543. The number of hydrogen-bond donors (Lipinski definition) is 1. The molecular weight excluding hydrogens is 140 g/mol. The van der Waals surface area contributed by atoms with E-state index in [1.165, 1.54) is 0 Å². The zero-order chi connectivity index (χ0) is 8.32. The van der Waals surface area contributed by atoms with Crippen LogP contribution in [0, 0.1) is 5.41 Å². The molecule has 0 aromatic heterocycles. The van der Waals surface area contributed by atoms with Gasteiger partial charge in [-0.05, 0) is 25.7 Å². The zero-order valence-corrected chi connectivity index (χ0v) is 6.84. The van der Waals surface area contributed by atoms with Crippen molar-refractivity contribution in [2.45, 2.75) is 32.6 Å². The highest BCUT2D eigenvalue weighted by Gasteiger charge is 2.34. The van der Waals surface area contributed by atoms with Gasteiger partial charge in [-0.1, -0.05) is 19.1 Å². The van der Waals surface area contributed by atoms with Gasteiger partial charge in [-0.3, -0.25) is 4.79 Å². The van der Waals surface area contributed by atoms with E-state index in [1.54, 1.807) is 0 Å². The number of rotatable bonds is 2. The molecule has 0 fully saturated rings. The Balaban J connectivity index is 2.81. The van der Waals surface area contributed by atoms with E-state index in [0.29, 0.717) is 6.42 Å². The molecule has 2 heteroatoms. The van der Waals surface area contributed by atoms with Gasteiger partial charge in [0.2, 0.25) is 0 Å². The van der Waals surface area contributed by atoms with Gasteiger partial charge < -0.3 is 5.11 Å². The summed E-state index contributed by atoms with van der Waals surface area (Å²) in [6.07, 6.45) is 7.40. The van der Waals surface area contributed by atoms with Crippen molar-refractivity contribution in [2.75, 3.05) is 0 Å². The average Bonchev–Trinajstić information content (AvgIpc) is 2.05. The standard InChI is InChI=1S/C9H14O2/c1-2-9(8(10)11)6-4-3-5-7-9/h4,6H,2-3,5,7H2,1H3,(H,10,11). The van der Waals surface area contributed by atoms with Gasteiger partial charge in [0.05, 0.1) is 5.41 Å². The van der Waals surface area contributed by atoms with Gasteiger partial charge >= 0.3 is 5.97 Å². The molecule has 1 atom stereocenters. The molecule has 1 unspecified atom stereocenters. The van der Waals surface area contributed by atoms with E-state index in [9.17, 15) is 4.79 Å². The molecule has 1 N–H and O–H groups in total. The molecule has 1 aliphatic rings. The predicted molar refractivity (Wildman–Crippen MR) is 43.4 cm³/mol. The maximum Gasteiger partial charge on any atom is 0.313 e. The summed E-state index contributed by atoms with van der Waals surface area (Å²) in [6, 6.07) is 0. The first kappa shape index (κ1) is 8.31. The SMILES string of the molecule is CCC1(C(=O)O)C=CCCC1. The molecule has 0 saturated carbocycles. The van der Waals surface area contributed by atoms with Gasteiger partial charge in [0.15, 0.2) is 0 Å². The lowest BCUT2D eigenvalue weighted by Gasteiger charge is -2.26. The summed E-state index contributed by atoms with van der Waals surface area (Å²) in [6.45, 7) is 1.93. The Kier molecular flexibility index (Phi) is 2.32. The minimum atomic E-state index is -0.670. The monoisotopic (exact) mass is 154 g/mol. The second-order valence-corrected chi connectivity index (χ2v) is 3.11. The lowest BCUT2D eigenvalue weighted by atomic mass is 9.77. The summed E-state index contributed by atoms with van der Waals surface area (Å²) < 4.78 is 0. The van der Waals surface area contributed by atoms with E-state index < -0.39 is 11.4 Å². The molecule has 62 valence electrons. The summed E-state index contributed by atoms with van der Waals surface area (Å²) in [4.78, 5) is 10.9. The van der Waals surface area contributed by atoms with Gasteiger partial charge in [0.25, 0.3) is 0 Å². The summed E-state index contributed by atoms with van der Waals surface area (Å²) in [5, 5.41) is 8.94. The van der Waals surface area contributed by atoms with Crippen molar-refractivity contribution in [2.24, 2.45) is 5.41 Å². The normalized spacial score (nSPS) is 30.3. The molecule has 0 aliphatic heterocycles. The Labute approximate surface area is 66.9 Å². The van der Waals surface area contributed by atoms with Crippen LogP contribution >= 0.6 is 0 Å². The van der Waals surface area contributed by atoms with E-state index in [-0.39, 0.29) is 0 Å². The molecule has 1 aliphatic carbocycles. The van der Waals surface area contributed by atoms with Crippen molar-refractivity contribution in [3.05, 3.63) is 12.2 Å². The van der Waals surface area contributed by atoms with Gasteiger partial charge in [-0.25, -0.2) is 0 Å². The third-order valence-electron chi connectivity index (χ3n) is 2.49. The lowest BCUT2D eigenvalue weighted by Crippen LogP contribution is -2.29. The van der Waals surface area contributed by atoms with Crippen molar-refractivity contribution >= 4 is 5.97 Å². The number of carboxylic acid groups (broad SMARTS) is 1. The van der Waals surface area contributed by atoms with Crippen LogP contribution < -0.4 is 0 Å². The number of carbonyl (C=O) groups is 1. The first-order chi connectivity index (χ1) is 5.21. The Hall–Kier alpha value is -0.790. The smallest absolute Gasteiger partial charge is 0.313 e. The number of allylic oxidation sites excluding steroid dienone is 1. The van der Waals surface area contributed by atoms with Gasteiger partial charge in [0.1, 0.15) is 0 Å². The van der Waals surface area contributed by atoms with E-state index in [0.717, 1.165) is 19.3 Å². The molecule has 2 nitrogen and oxygen atoms in total. The maximum absolute atomic E-state index is 10.9. The average molecular weight is 154 g/mol. The Morgan fingerprint density at radius 2 is 2.45 bits per heavy atom. The second-order valence-electron chi connectivity index (χ2n) is 3.11. The van der Waals surface area contributed by atoms with Crippen molar-refractivity contribution in [1.29, 1.82) is 0 Å². The highest BCUT2D eigenvalue weighted by Crippen LogP contribution is 2.34. The van der Waals surface area contributed by atoms with E-state index in [1.807, 2.05) is 19.1 Å². The van der Waals surface area contributed by atoms with Crippen LogP contribution in [-0.4, -0.2) is 11.1 Å². The van der Waals surface area contributed by atoms with Crippen LogP contribution in [0.25, 0.3) is 0 Å². The second kappa shape index (κ2) is 3.07. The lowest BCUT2D eigenvalue weighted by molar-refractivity contribution is -0.146. The Bertz CT molecular complexity index is 184. The molecule has 1 rings (SSSR count). The minimum Gasteiger partial charge on any atom is -0.481 e. The van der Waals surface area contributed by atoms with Crippen molar-refractivity contribution in [1.82, 2.24) is 0 Å². The van der Waals surface area contributed by atoms with Gasteiger partial charge in [-0.2, -0.15) is 0 Å². The molecule has 0 bridgehead atoms. The van der Waals surface area contributed by atoms with E-state index in [4.69, 9.17) is 5.11 Å². The fraction of sp³-hybridized carbons (Fsp3) is 0.667. The van der Waals surface area contributed by atoms with Crippen molar-refractivity contribution in [3.8, 4) is 0 Å². The molecule has 0 spiro atoms. The van der Waals surface area contributed by atoms with Crippen LogP contribution in [0.4, 0.5) is 0 Å². The van der Waals surface area contributed by atoms with Crippen molar-refractivity contribution < 1.29 is 9.90 Å². The molecule has 0 heterocycles. The molecule has 0 saturated heterocycles. The summed E-state index contributed by atoms with van der Waals surface area (Å²) in [5.74, 6) is -0.670. The van der Waals surface area contributed by atoms with Gasteiger partial charge in [-0.15, -0.1) is 0 Å².